The van der Waals surface area contributed by atoms with Crippen LogP contribution in [0, 0.1) is 5.92 Å². The Hall–Kier alpha value is -1.63. The number of hydrogen-bond donors (Lipinski definition) is 2. The van der Waals surface area contributed by atoms with Crippen LogP contribution in [-0.4, -0.2) is 62.1 Å². The third-order valence-electron chi connectivity index (χ3n) is 5.59. The van der Waals surface area contributed by atoms with E-state index in [2.05, 4.69) is 10.6 Å². The second kappa shape index (κ2) is 10.1. The minimum absolute atomic E-state index is 0. The van der Waals surface area contributed by atoms with E-state index < -0.39 is 5.60 Å². The average Bonchev–Trinajstić information content (AvgIpc) is 2.72. The molecular weight excluding hydrogens is 366 g/mol. The molecule has 0 spiro atoms. The smallest absolute Gasteiger partial charge is 0.254 e. The van der Waals surface area contributed by atoms with Gasteiger partial charge in [-0.1, -0.05) is 18.2 Å². The molecule has 2 aliphatic heterocycles. The lowest BCUT2D eigenvalue weighted by molar-refractivity contribution is -0.160. The van der Waals surface area contributed by atoms with E-state index in [1.807, 2.05) is 35.2 Å². The van der Waals surface area contributed by atoms with Gasteiger partial charge in [0, 0.05) is 32.3 Å². The number of halogens is 1. The van der Waals surface area contributed by atoms with Crippen LogP contribution in [0.4, 0.5) is 0 Å². The van der Waals surface area contributed by atoms with Crippen LogP contribution < -0.4 is 10.6 Å². The summed E-state index contributed by atoms with van der Waals surface area (Å²) in [5.41, 5.74) is -0.00950. The monoisotopic (exact) mass is 395 g/mol. The van der Waals surface area contributed by atoms with Crippen LogP contribution in [0.2, 0.25) is 0 Å². The number of amides is 2. The highest BCUT2D eigenvalue weighted by atomic mass is 35.5. The molecule has 1 atom stereocenters. The molecule has 1 unspecified atom stereocenters. The number of likely N-dealkylation sites (tertiary alicyclic amines) is 1. The van der Waals surface area contributed by atoms with E-state index in [1.165, 1.54) is 0 Å². The van der Waals surface area contributed by atoms with E-state index in [9.17, 15) is 9.59 Å². The first-order valence-electron chi connectivity index (χ1n) is 9.53. The number of carbonyl (C=O) groups is 2. The van der Waals surface area contributed by atoms with Crippen LogP contribution in [0.3, 0.4) is 0 Å². The van der Waals surface area contributed by atoms with Crippen molar-refractivity contribution in [3.8, 4) is 0 Å². The molecule has 1 aromatic rings. The topological polar surface area (TPSA) is 70.7 Å². The molecule has 0 radical (unpaired) electrons. The predicted octanol–water partition coefficient (Wildman–Crippen LogP) is 1.85. The van der Waals surface area contributed by atoms with Crippen LogP contribution in [-0.2, 0) is 9.53 Å². The maximum absolute atomic E-state index is 13.1. The molecule has 2 N–H and O–H groups in total. The molecule has 2 amide bonds. The molecular formula is C20H30ClN3O3. The van der Waals surface area contributed by atoms with Gasteiger partial charge in [-0.3, -0.25) is 9.59 Å². The first kappa shape index (κ1) is 21.7. The van der Waals surface area contributed by atoms with Gasteiger partial charge in [0.15, 0.2) is 0 Å². The molecule has 2 aliphatic rings. The summed E-state index contributed by atoms with van der Waals surface area (Å²) < 4.78 is 5.68. The number of piperidine rings is 2. The first-order chi connectivity index (χ1) is 12.6. The summed E-state index contributed by atoms with van der Waals surface area (Å²) in [6.07, 6.45) is 3.43. The molecule has 7 heteroatoms. The van der Waals surface area contributed by atoms with Crippen molar-refractivity contribution in [2.75, 3.05) is 39.8 Å². The molecule has 0 aromatic heterocycles. The molecule has 3 rings (SSSR count). The summed E-state index contributed by atoms with van der Waals surface area (Å²) in [6.45, 7) is 3.68. The number of nitrogens with one attached hydrogen (secondary N) is 2. The zero-order valence-electron chi connectivity index (χ0n) is 15.9. The zero-order chi connectivity index (χ0) is 18.4. The highest BCUT2D eigenvalue weighted by Gasteiger charge is 2.43. The highest BCUT2D eigenvalue weighted by Crippen LogP contribution is 2.27. The Morgan fingerprint density at radius 3 is 2.63 bits per heavy atom. The quantitative estimate of drug-likeness (QED) is 0.798. The maximum atomic E-state index is 13.1. The lowest BCUT2D eigenvalue weighted by Crippen LogP contribution is -2.57. The Bertz CT molecular complexity index is 620. The van der Waals surface area contributed by atoms with E-state index in [-0.39, 0.29) is 30.1 Å². The summed E-state index contributed by atoms with van der Waals surface area (Å²) >= 11 is 0. The average molecular weight is 396 g/mol. The lowest BCUT2D eigenvalue weighted by Gasteiger charge is -2.41. The SMILES string of the molecule is COC1(C(=O)N2CCCC(CNC(=O)c3ccccc3)C2)CCNCC1.Cl. The van der Waals surface area contributed by atoms with E-state index in [4.69, 9.17) is 4.74 Å². The fourth-order valence-electron chi connectivity index (χ4n) is 3.97. The van der Waals surface area contributed by atoms with Crippen LogP contribution in [0.15, 0.2) is 30.3 Å². The van der Waals surface area contributed by atoms with Crippen molar-refractivity contribution >= 4 is 24.2 Å². The van der Waals surface area contributed by atoms with Gasteiger partial charge in [0.05, 0.1) is 0 Å². The fourth-order valence-corrected chi connectivity index (χ4v) is 3.97. The molecule has 2 saturated heterocycles. The van der Waals surface area contributed by atoms with Crippen molar-refractivity contribution in [1.82, 2.24) is 15.5 Å². The fraction of sp³-hybridized carbons (Fsp3) is 0.600. The molecule has 0 aliphatic carbocycles. The molecule has 0 saturated carbocycles. The summed E-state index contributed by atoms with van der Waals surface area (Å²) in [5.74, 6) is 0.345. The second-order valence-corrected chi connectivity index (χ2v) is 7.28. The summed E-state index contributed by atoms with van der Waals surface area (Å²) in [7, 11) is 1.64. The van der Waals surface area contributed by atoms with E-state index in [0.29, 0.717) is 31.5 Å². The van der Waals surface area contributed by atoms with Gasteiger partial charge in [0.1, 0.15) is 5.60 Å². The van der Waals surface area contributed by atoms with Crippen LogP contribution in [0.25, 0.3) is 0 Å². The standard InChI is InChI=1S/C20H29N3O3.ClH/c1-26-20(9-11-21-12-10-20)19(25)23-13-5-6-16(15-23)14-22-18(24)17-7-3-2-4-8-17;/h2-4,7-8,16,21H,5-6,9-15H2,1H3,(H,22,24);1H. The molecule has 2 fully saturated rings. The number of rotatable bonds is 5. The Labute approximate surface area is 167 Å². The van der Waals surface area contributed by atoms with Crippen molar-refractivity contribution in [3.63, 3.8) is 0 Å². The van der Waals surface area contributed by atoms with Crippen molar-refractivity contribution in [1.29, 1.82) is 0 Å². The van der Waals surface area contributed by atoms with Crippen molar-refractivity contribution < 1.29 is 14.3 Å². The number of nitrogens with zero attached hydrogens (tertiary/aromatic N) is 1. The largest absolute Gasteiger partial charge is 0.368 e. The van der Waals surface area contributed by atoms with Crippen molar-refractivity contribution in [2.24, 2.45) is 5.92 Å². The van der Waals surface area contributed by atoms with E-state index >= 15 is 0 Å². The van der Waals surface area contributed by atoms with Crippen LogP contribution >= 0.6 is 12.4 Å². The van der Waals surface area contributed by atoms with E-state index in [0.717, 1.165) is 32.5 Å². The number of ether oxygens (including phenoxy) is 1. The molecule has 27 heavy (non-hydrogen) atoms. The van der Waals surface area contributed by atoms with Gasteiger partial charge < -0.3 is 20.3 Å². The minimum Gasteiger partial charge on any atom is -0.368 e. The maximum Gasteiger partial charge on any atom is 0.254 e. The number of carbonyl (C=O) groups excluding carboxylic acids is 2. The number of benzene rings is 1. The molecule has 1 aromatic carbocycles. The summed E-state index contributed by atoms with van der Waals surface area (Å²) in [4.78, 5) is 27.3. The molecule has 2 heterocycles. The Morgan fingerprint density at radius 1 is 1.26 bits per heavy atom. The third kappa shape index (κ3) is 5.21. The van der Waals surface area contributed by atoms with Gasteiger partial charge in [0.2, 0.25) is 0 Å². The van der Waals surface area contributed by atoms with Crippen LogP contribution in [0.5, 0.6) is 0 Å². The molecule has 6 nitrogen and oxygen atoms in total. The first-order valence-corrected chi connectivity index (χ1v) is 9.53. The van der Waals surface area contributed by atoms with Gasteiger partial charge in [-0.25, -0.2) is 0 Å². The molecule has 0 bridgehead atoms. The van der Waals surface area contributed by atoms with E-state index in [1.54, 1.807) is 7.11 Å². The van der Waals surface area contributed by atoms with Crippen molar-refractivity contribution in [2.45, 2.75) is 31.3 Å². The summed E-state index contributed by atoms with van der Waals surface area (Å²) in [5, 5.41) is 6.30. The lowest BCUT2D eigenvalue weighted by atomic mass is 9.88. The number of hydrogen-bond acceptors (Lipinski definition) is 4. The minimum atomic E-state index is -0.680. The predicted molar refractivity (Wildman–Crippen MR) is 107 cm³/mol. The van der Waals surface area contributed by atoms with Gasteiger partial charge in [-0.15, -0.1) is 12.4 Å². The second-order valence-electron chi connectivity index (χ2n) is 7.28. The van der Waals surface area contributed by atoms with Gasteiger partial charge in [-0.2, -0.15) is 0 Å². The Kier molecular flexibility index (Phi) is 8.07. The highest BCUT2D eigenvalue weighted by molar-refractivity contribution is 5.94. The third-order valence-corrected chi connectivity index (χ3v) is 5.59. The molecule has 150 valence electrons. The Morgan fingerprint density at radius 2 is 1.96 bits per heavy atom. The van der Waals surface area contributed by atoms with Gasteiger partial charge >= 0.3 is 0 Å². The van der Waals surface area contributed by atoms with Crippen LogP contribution in [0.1, 0.15) is 36.0 Å². The van der Waals surface area contributed by atoms with Crippen molar-refractivity contribution in [3.05, 3.63) is 35.9 Å². The zero-order valence-corrected chi connectivity index (χ0v) is 16.7. The normalized spacial score (nSPS) is 21.8. The van der Waals surface area contributed by atoms with Gasteiger partial charge in [0.25, 0.3) is 11.8 Å². The van der Waals surface area contributed by atoms with Gasteiger partial charge in [-0.05, 0) is 56.8 Å². The number of methoxy groups -OCH3 is 1. The summed E-state index contributed by atoms with van der Waals surface area (Å²) in [6, 6.07) is 9.24. The Balaban J connectivity index is 0.00000261.